The quantitative estimate of drug-likeness (QED) is 0.719. The number of sulfonamides is 1. The topological polar surface area (TPSA) is 46.2 Å². The highest BCUT2D eigenvalue weighted by atomic mass is 79.9. The van der Waals surface area contributed by atoms with Crippen LogP contribution < -0.4 is 4.72 Å². The summed E-state index contributed by atoms with van der Waals surface area (Å²) in [7, 11) is -3.03. The molecule has 0 rings (SSSR count). The van der Waals surface area contributed by atoms with E-state index in [-0.39, 0.29) is 11.8 Å². The molecule has 0 bridgehead atoms. The van der Waals surface area contributed by atoms with E-state index < -0.39 is 10.0 Å². The molecule has 1 atom stereocenters. The summed E-state index contributed by atoms with van der Waals surface area (Å²) in [5.41, 5.74) is 0. The summed E-state index contributed by atoms with van der Waals surface area (Å²) >= 11 is 3.31. The van der Waals surface area contributed by atoms with Crippen LogP contribution in [0.5, 0.6) is 0 Å². The van der Waals surface area contributed by atoms with Crippen molar-refractivity contribution < 1.29 is 8.42 Å². The molecule has 0 aromatic heterocycles. The molecule has 80 valence electrons. The smallest absolute Gasteiger partial charge is 0.211 e. The van der Waals surface area contributed by atoms with Crippen LogP contribution in [0, 0.1) is 0 Å². The SMILES string of the molecule is CCCS(=O)(=O)NC(C)CCCBr. The molecule has 0 aromatic carbocycles. The van der Waals surface area contributed by atoms with Crippen LogP contribution in [0.15, 0.2) is 0 Å². The van der Waals surface area contributed by atoms with Gasteiger partial charge in [0, 0.05) is 11.4 Å². The van der Waals surface area contributed by atoms with Crippen molar-refractivity contribution in [1.29, 1.82) is 0 Å². The Labute approximate surface area is 89.5 Å². The van der Waals surface area contributed by atoms with E-state index >= 15 is 0 Å². The van der Waals surface area contributed by atoms with E-state index in [9.17, 15) is 8.42 Å². The maximum absolute atomic E-state index is 11.3. The third kappa shape index (κ3) is 7.46. The van der Waals surface area contributed by atoms with Gasteiger partial charge in [-0.2, -0.15) is 0 Å². The Kier molecular flexibility index (Phi) is 6.99. The van der Waals surface area contributed by atoms with E-state index in [1.807, 2.05) is 13.8 Å². The zero-order chi connectivity index (χ0) is 10.3. The van der Waals surface area contributed by atoms with Gasteiger partial charge in [-0.15, -0.1) is 0 Å². The first kappa shape index (κ1) is 13.4. The van der Waals surface area contributed by atoms with E-state index in [0.29, 0.717) is 6.42 Å². The first-order valence-electron chi connectivity index (χ1n) is 4.57. The number of rotatable bonds is 7. The molecule has 13 heavy (non-hydrogen) atoms. The average Bonchev–Trinajstić information content (AvgIpc) is 1.99. The molecule has 0 fully saturated rings. The largest absolute Gasteiger partial charge is 0.212 e. The monoisotopic (exact) mass is 271 g/mol. The summed E-state index contributed by atoms with van der Waals surface area (Å²) in [5, 5.41) is 0.923. The van der Waals surface area contributed by atoms with Gasteiger partial charge in [-0.05, 0) is 26.2 Å². The molecule has 0 spiro atoms. The molecule has 0 radical (unpaired) electrons. The van der Waals surface area contributed by atoms with Crippen molar-refractivity contribution in [2.24, 2.45) is 0 Å². The van der Waals surface area contributed by atoms with Crippen molar-refractivity contribution in [3.8, 4) is 0 Å². The standard InChI is InChI=1S/C8H18BrNO2S/c1-3-7-13(11,12)10-8(2)5-4-6-9/h8,10H,3-7H2,1-2H3. The molecule has 1 unspecified atom stereocenters. The van der Waals surface area contributed by atoms with Crippen LogP contribution in [0.1, 0.15) is 33.1 Å². The molecule has 1 N–H and O–H groups in total. The first-order chi connectivity index (χ1) is 6.02. The third-order valence-corrected chi connectivity index (χ3v) is 3.89. The molecule has 0 amide bonds. The molecule has 0 saturated carbocycles. The fraction of sp³-hybridized carbons (Fsp3) is 1.00. The number of hydrogen-bond donors (Lipinski definition) is 1. The predicted molar refractivity (Wildman–Crippen MR) is 59.7 cm³/mol. The van der Waals surface area contributed by atoms with E-state index in [1.165, 1.54) is 0 Å². The van der Waals surface area contributed by atoms with Gasteiger partial charge in [0.1, 0.15) is 0 Å². The van der Waals surface area contributed by atoms with Crippen LogP contribution in [0.2, 0.25) is 0 Å². The molecule has 5 heteroatoms. The molecule has 0 aliphatic heterocycles. The lowest BCUT2D eigenvalue weighted by Crippen LogP contribution is -2.34. The minimum Gasteiger partial charge on any atom is -0.212 e. The summed E-state index contributed by atoms with van der Waals surface area (Å²) in [6.07, 6.45) is 2.55. The normalized spacial score (nSPS) is 14.4. The van der Waals surface area contributed by atoms with Gasteiger partial charge in [0.15, 0.2) is 0 Å². The Morgan fingerprint density at radius 3 is 2.54 bits per heavy atom. The summed E-state index contributed by atoms with van der Waals surface area (Å²) in [4.78, 5) is 0. The van der Waals surface area contributed by atoms with Gasteiger partial charge in [-0.3, -0.25) is 0 Å². The fourth-order valence-corrected chi connectivity index (χ4v) is 2.79. The van der Waals surface area contributed by atoms with Crippen LogP contribution in [0.4, 0.5) is 0 Å². The van der Waals surface area contributed by atoms with E-state index in [2.05, 4.69) is 20.7 Å². The zero-order valence-corrected chi connectivity index (χ0v) is 10.6. The lowest BCUT2D eigenvalue weighted by molar-refractivity contribution is 0.544. The summed E-state index contributed by atoms with van der Waals surface area (Å²) in [6, 6.07) is 0.0501. The molecule has 0 aliphatic carbocycles. The molecule has 0 saturated heterocycles. The Morgan fingerprint density at radius 1 is 1.46 bits per heavy atom. The number of hydrogen-bond acceptors (Lipinski definition) is 2. The highest BCUT2D eigenvalue weighted by molar-refractivity contribution is 9.09. The van der Waals surface area contributed by atoms with Gasteiger partial charge >= 0.3 is 0 Å². The van der Waals surface area contributed by atoms with Crippen LogP contribution in [-0.2, 0) is 10.0 Å². The van der Waals surface area contributed by atoms with E-state index in [4.69, 9.17) is 0 Å². The van der Waals surface area contributed by atoms with Gasteiger partial charge in [-0.25, -0.2) is 13.1 Å². The minimum atomic E-state index is -3.03. The summed E-state index contributed by atoms with van der Waals surface area (Å²) in [5.74, 6) is 0.228. The van der Waals surface area contributed by atoms with Gasteiger partial charge in [0.05, 0.1) is 5.75 Å². The van der Waals surface area contributed by atoms with Gasteiger partial charge in [0.2, 0.25) is 10.0 Å². The molecular weight excluding hydrogens is 254 g/mol. The summed E-state index contributed by atoms with van der Waals surface area (Å²) < 4.78 is 25.2. The second-order valence-electron chi connectivity index (χ2n) is 3.17. The number of alkyl halides is 1. The second-order valence-corrected chi connectivity index (χ2v) is 5.84. The van der Waals surface area contributed by atoms with Crippen molar-refractivity contribution in [3.05, 3.63) is 0 Å². The second kappa shape index (κ2) is 6.79. The summed E-state index contributed by atoms with van der Waals surface area (Å²) in [6.45, 7) is 3.76. The molecule has 0 heterocycles. The van der Waals surface area contributed by atoms with Gasteiger partial charge < -0.3 is 0 Å². The van der Waals surface area contributed by atoms with Gasteiger partial charge in [-0.1, -0.05) is 22.9 Å². The first-order valence-corrected chi connectivity index (χ1v) is 7.35. The van der Waals surface area contributed by atoms with Crippen LogP contribution in [-0.4, -0.2) is 25.5 Å². The molecule has 0 aliphatic rings. The van der Waals surface area contributed by atoms with Crippen molar-refractivity contribution in [2.45, 2.75) is 39.2 Å². The Bertz CT molecular complexity index is 216. The lowest BCUT2D eigenvalue weighted by Gasteiger charge is -2.12. The average molecular weight is 272 g/mol. The predicted octanol–water partition coefficient (Wildman–Crippen LogP) is 1.88. The van der Waals surface area contributed by atoms with Crippen molar-refractivity contribution in [3.63, 3.8) is 0 Å². The molecule has 3 nitrogen and oxygen atoms in total. The van der Waals surface area contributed by atoms with Crippen LogP contribution in [0.25, 0.3) is 0 Å². The molecule has 0 aromatic rings. The number of nitrogens with one attached hydrogen (secondary N) is 1. The van der Waals surface area contributed by atoms with E-state index in [1.54, 1.807) is 0 Å². The Hall–Kier alpha value is 0.390. The van der Waals surface area contributed by atoms with Crippen LogP contribution >= 0.6 is 15.9 Å². The zero-order valence-electron chi connectivity index (χ0n) is 8.22. The minimum absolute atomic E-state index is 0.0501. The Morgan fingerprint density at radius 2 is 2.08 bits per heavy atom. The lowest BCUT2D eigenvalue weighted by atomic mass is 10.2. The number of halogens is 1. The molecular formula is C8H18BrNO2S. The Balaban J connectivity index is 3.82. The van der Waals surface area contributed by atoms with Gasteiger partial charge in [0.25, 0.3) is 0 Å². The van der Waals surface area contributed by atoms with Crippen LogP contribution in [0.3, 0.4) is 0 Å². The maximum atomic E-state index is 11.3. The highest BCUT2D eigenvalue weighted by Gasteiger charge is 2.12. The maximum Gasteiger partial charge on any atom is 0.211 e. The van der Waals surface area contributed by atoms with E-state index in [0.717, 1.165) is 18.2 Å². The fourth-order valence-electron chi connectivity index (χ4n) is 1.08. The van der Waals surface area contributed by atoms with Crippen molar-refractivity contribution in [2.75, 3.05) is 11.1 Å². The van der Waals surface area contributed by atoms with Crippen molar-refractivity contribution in [1.82, 2.24) is 4.72 Å². The van der Waals surface area contributed by atoms with Crippen molar-refractivity contribution >= 4 is 26.0 Å². The third-order valence-electron chi connectivity index (χ3n) is 1.62. The highest BCUT2D eigenvalue weighted by Crippen LogP contribution is 2.01.